The van der Waals surface area contributed by atoms with E-state index >= 15 is 0 Å². The summed E-state index contributed by atoms with van der Waals surface area (Å²) >= 11 is 5.84. The van der Waals surface area contributed by atoms with Crippen LogP contribution in [0.25, 0.3) is 0 Å². The fraction of sp³-hybridized carbons (Fsp3) is 0.214. The van der Waals surface area contributed by atoms with Gasteiger partial charge in [0.1, 0.15) is 17.5 Å². The van der Waals surface area contributed by atoms with Gasteiger partial charge < -0.3 is 15.7 Å². The fourth-order valence-electron chi connectivity index (χ4n) is 2.25. The predicted octanol–water partition coefficient (Wildman–Crippen LogP) is 2.12. The molecule has 0 spiro atoms. The maximum Gasteiger partial charge on any atom is 0.247 e. The second-order valence-electron chi connectivity index (χ2n) is 4.86. The molecule has 2 aromatic rings. The maximum absolute atomic E-state index is 12.2. The summed E-state index contributed by atoms with van der Waals surface area (Å²) < 4.78 is 0. The van der Waals surface area contributed by atoms with E-state index in [1.807, 2.05) is 0 Å². The summed E-state index contributed by atoms with van der Waals surface area (Å²) in [7, 11) is 0. The summed E-state index contributed by atoms with van der Waals surface area (Å²) in [6.45, 7) is 1.76. The van der Waals surface area contributed by atoms with Gasteiger partial charge in [-0.2, -0.15) is 4.98 Å². The first kappa shape index (κ1) is 13.6. The van der Waals surface area contributed by atoms with Crippen LogP contribution in [0, 0.1) is 6.92 Å². The molecule has 0 aliphatic carbocycles. The molecule has 0 radical (unpaired) electrons. The Labute approximate surface area is 126 Å². The van der Waals surface area contributed by atoms with Crippen LogP contribution >= 0.6 is 11.6 Å². The first-order valence-electron chi connectivity index (χ1n) is 6.42. The van der Waals surface area contributed by atoms with Crippen LogP contribution in [0.1, 0.15) is 11.3 Å². The number of aromatic nitrogens is 2. The topological polar surface area (TPSA) is 87.1 Å². The third-order valence-corrected chi connectivity index (χ3v) is 3.48. The smallest absolute Gasteiger partial charge is 0.247 e. The van der Waals surface area contributed by atoms with Crippen molar-refractivity contribution < 1.29 is 9.90 Å². The number of amides is 1. The number of hydrogen-bond donors (Lipinski definition) is 3. The second kappa shape index (κ2) is 5.21. The lowest BCUT2D eigenvalue weighted by Crippen LogP contribution is -2.41. The van der Waals surface area contributed by atoms with Gasteiger partial charge in [0.15, 0.2) is 5.82 Å². The van der Waals surface area contributed by atoms with Crippen molar-refractivity contribution in [1.82, 2.24) is 9.97 Å². The molecule has 1 aromatic carbocycles. The van der Waals surface area contributed by atoms with Crippen molar-refractivity contribution in [2.75, 3.05) is 10.6 Å². The molecule has 2 heterocycles. The zero-order chi connectivity index (χ0) is 15.0. The Hall–Kier alpha value is -2.34. The van der Waals surface area contributed by atoms with Gasteiger partial charge >= 0.3 is 0 Å². The van der Waals surface area contributed by atoms with E-state index in [9.17, 15) is 9.90 Å². The number of fused-ring (bicyclic) bond motifs is 1. The molecule has 0 bridgehead atoms. The first-order chi connectivity index (χ1) is 10.0. The molecular weight excluding hydrogens is 292 g/mol. The minimum absolute atomic E-state index is 0.137. The zero-order valence-electron chi connectivity index (χ0n) is 11.2. The van der Waals surface area contributed by atoms with Gasteiger partial charge in [-0.15, -0.1) is 0 Å². The fourth-order valence-corrected chi connectivity index (χ4v) is 2.46. The Morgan fingerprint density at radius 2 is 2.00 bits per heavy atom. The van der Waals surface area contributed by atoms with Crippen molar-refractivity contribution in [3.05, 3.63) is 40.8 Å². The Bertz CT molecular complexity index is 703. The largest absolute Gasteiger partial charge is 0.508 e. The summed E-state index contributed by atoms with van der Waals surface area (Å²) in [5.74, 6) is 0.570. The van der Waals surface area contributed by atoms with E-state index in [2.05, 4.69) is 20.6 Å². The average molecular weight is 305 g/mol. The van der Waals surface area contributed by atoms with Crippen molar-refractivity contribution in [2.24, 2.45) is 0 Å². The number of halogens is 1. The van der Waals surface area contributed by atoms with E-state index in [0.29, 0.717) is 23.6 Å². The zero-order valence-corrected chi connectivity index (χ0v) is 12.0. The number of benzene rings is 1. The predicted molar refractivity (Wildman–Crippen MR) is 79.6 cm³/mol. The summed E-state index contributed by atoms with van der Waals surface area (Å²) in [5, 5.41) is 15.3. The van der Waals surface area contributed by atoms with Crippen molar-refractivity contribution in [1.29, 1.82) is 0 Å². The van der Waals surface area contributed by atoms with Gasteiger partial charge in [-0.3, -0.25) is 4.79 Å². The Morgan fingerprint density at radius 3 is 2.71 bits per heavy atom. The number of aromatic hydroxyl groups is 1. The first-order valence-corrected chi connectivity index (χ1v) is 6.80. The summed E-state index contributed by atoms with van der Waals surface area (Å²) in [6.07, 6.45) is 0.478. The minimum atomic E-state index is -0.451. The summed E-state index contributed by atoms with van der Waals surface area (Å²) in [4.78, 5) is 20.3. The standard InChI is InChI=1S/C14H13ClN4O2/c1-7-11-12(19-14(15)16-7)17-10(13(21)18-11)6-8-2-4-9(20)5-3-8/h2-5,10,20H,6H2,1H3,(H,18,21)(H,16,17,19). The molecule has 0 saturated carbocycles. The number of anilines is 2. The molecule has 1 amide bonds. The van der Waals surface area contributed by atoms with E-state index in [1.165, 1.54) is 0 Å². The van der Waals surface area contributed by atoms with Crippen molar-refractivity contribution in [3.8, 4) is 5.75 Å². The molecule has 1 aromatic heterocycles. The van der Waals surface area contributed by atoms with Crippen LogP contribution in [0.5, 0.6) is 5.75 Å². The van der Waals surface area contributed by atoms with Crippen LogP contribution in [0.2, 0.25) is 5.28 Å². The molecule has 1 unspecified atom stereocenters. The van der Waals surface area contributed by atoms with Gasteiger partial charge in [-0.1, -0.05) is 12.1 Å². The van der Waals surface area contributed by atoms with Crippen LogP contribution < -0.4 is 10.6 Å². The third kappa shape index (κ3) is 2.75. The van der Waals surface area contributed by atoms with E-state index in [0.717, 1.165) is 5.56 Å². The quantitative estimate of drug-likeness (QED) is 0.740. The number of aryl methyl sites for hydroxylation is 1. The molecule has 0 saturated heterocycles. The van der Waals surface area contributed by atoms with Crippen LogP contribution in [-0.4, -0.2) is 27.0 Å². The molecule has 3 N–H and O–H groups in total. The van der Waals surface area contributed by atoms with Crippen LogP contribution in [0.4, 0.5) is 11.5 Å². The molecular formula is C14H13ClN4O2. The highest BCUT2D eigenvalue weighted by molar-refractivity contribution is 6.28. The number of carbonyl (C=O) groups excluding carboxylic acids is 1. The number of phenolic OH excluding ortho intramolecular Hbond substituents is 1. The molecule has 1 aliphatic heterocycles. The Balaban J connectivity index is 1.85. The van der Waals surface area contributed by atoms with E-state index in [1.54, 1.807) is 31.2 Å². The maximum atomic E-state index is 12.2. The highest BCUT2D eigenvalue weighted by atomic mass is 35.5. The number of rotatable bonds is 2. The highest BCUT2D eigenvalue weighted by Gasteiger charge is 2.28. The lowest BCUT2D eigenvalue weighted by Gasteiger charge is -2.26. The van der Waals surface area contributed by atoms with Gasteiger partial charge in [0.25, 0.3) is 0 Å². The monoisotopic (exact) mass is 304 g/mol. The van der Waals surface area contributed by atoms with Crippen molar-refractivity contribution in [2.45, 2.75) is 19.4 Å². The molecule has 1 aliphatic rings. The van der Waals surface area contributed by atoms with E-state index < -0.39 is 6.04 Å². The van der Waals surface area contributed by atoms with Crippen LogP contribution in [0.15, 0.2) is 24.3 Å². The van der Waals surface area contributed by atoms with Gasteiger partial charge in [-0.25, -0.2) is 4.98 Å². The number of nitrogens with one attached hydrogen (secondary N) is 2. The SMILES string of the molecule is Cc1nc(Cl)nc2c1NC(=O)C(Cc1ccc(O)cc1)N2. The Kier molecular flexibility index (Phi) is 3.39. The lowest BCUT2D eigenvalue weighted by atomic mass is 10.0. The average Bonchev–Trinajstić information content (AvgIpc) is 2.43. The van der Waals surface area contributed by atoms with Crippen molar-refractivity contribution >= 4 is 29.0 Å². The molecule has 1 atom stereocenters. The van der Waals surface area contributed by atoms with Crippen molar-refractivity contribution in [3.63, 3.8) is 0 Å². The lowest BCUT2D eigenvalue weighted by molar-refractivity contribution is -0.117. The van der Waals surface area contributed by atoms with Gasteiger partial charge in [0.05, 0.1) is 5.69 Å². The highest BCUT2D eigenvalue weighted by Crippen LogP contribution is 2.29. The second-order valence-corrected chi connectivity index (χ2v) is 5.20. The third-order valence-electron chi connectivity index (χ3n) is 3.31. The molecule has 7 heteroatoms. The van der Waals surface area contributed by atoms with E-state index in [4.69, 9.17) is 11.6 Å². The molecule has 108 valence electrons. The van der Waals surface area contributed by atoms with Crippen LogP contribution in [-0.2, 0) is 11.2 Å². The molecule has 21 heavy (non-hydrogen) atoms. The number of carbonyl (C=O) groups is 1. The minimum Gasteiger partial charge on any atom is -0.508 e. The summed E-state index contributed by atoms with van der Waals surface area (Å²) in [5.41, 5.74) is 2.11. The number of phenols is 1. The summed E-state index contributed by atoms with van der Waals surface area (Å²) in [6, 6.07) is 6.28. The number of nitrogens with zero attached hydrogens (tertiary/aromatic N) is 2. The van der Waals surface area contributed by atoms with Gasteiger partial charge in [0, 0.05) is 6.42 Å². The van der Waals surface area contributed by atoms with Gasteiger partial charge in [0.2, 0.25) is 11.2 Å². The van der Waals surface area contributed by atoms with E-state index in [-0.39, 0.29) is 16.9 Å². The van der Waals surface area contributed by atoms with Gasteiger partial charge in [-0.05, 0) is 36.2 Å². The normalized spacial score (nSPS) is 16.9. The molecule has 0 fully saturated rings. The number of hydrogen-bond acceptors (Lipinski definition) is 5. The Morgan fingerprint density at radius 1 is 1.29 bits per heavy atom. The van der Waals surface area contributed by atoms with Crippen LogP contribution in [0.3, 0.4) is 0 Å². The molecule has 6 nitrogen and oxygen atoms in total. The molecule has 3 rings (SSSR count).